The molecule has 1 N–H and O–H groups in total. The molecule has 6 heteroatoms. The fourth-order valence-electron chi connectivity index (χ4n) is 2.44. The van der Waals surface area contributed by atoms with Gasteiger partial charge in [0.25, 0.3) is 5.91 Å². The number of nitrogens with one attached hydrogen (secondary N) is 1. The van der Waals surface area contributed by atoms with Crippen molar-refractivity contribution in [1.82, 2.24) is 4.98 Å². The first-order valence-corrected chi connectivity index (χ1v) is 9.10. The first kappa shape index (κ1) is 21.4. The highest BCUT2D eigenvalue weighted by Gasteiger charge is 2.33. The molecule has 0 aliphatic heterocycles. The molecule has 0 aromatic carbocycles. The number of aromatic nitrogens is 1. The number of aryl methyl sites for hydroxylation is 1. The first-order chi connectivity index (χ1) is 12.0. The monoisotopic (exact) mass is 352 g/mol. The molecule has 0 saturated heterocycles. The molecule has 6 nitrogen and oxygen atoms in total. The molecular formula is C19H32N2O4. The molecule has 0 aliphatic rings. The zero-order valence-electron chi connectivity index (χ0n) is 16.2. The van der Waals surface area contributed by atoms with Crippen LogP contribution in [0.1, 0.15) is 52.7 Å². The van der Waals surface area contributed by atoms with E-state index >= 15 is 0 Å². The van der Waals surface area contributed by atoms with Crippen molar-refractivity contribution in [3.63, 3.8) is 0 Å². The molecule has 1 aromatic rings. The quantitative estimate of drug-likeness (QED) is 0.581. The molecule has 0 bridgehead atoms. The summed E-state index contributed by atoms with van der Waals surface area (Å²) in [6.45, 7) is 11.8. The van der Waals surface area contributed by atoms with Crippen LogP contribution in [-0.4, -0.2) is 42.9 Å². The van der Waals surface area contributed by atoms with Crippen LogP contribution in [0.5, 0.6) is 5.88 Å². The third-order valence-corrected chi connectivity index (χ3v) is 3.94. The number of hydrogen-bond donors (Lipinski definition) is 1. The van der Waals surface area contributed by atoms with Crippen LogP contribution in [0.3, 0.4) is 0 Å². The molecule has 1 heterocycles. The number of nitrogens with zero attached hydrogens (tertiary/aromatic N) is 1. The van der Waals surface area contributed by atoms with Gasteiger partial charge in [0, 0.05) is 19.3 Å². The Morgan fingerprint density at radius 1 is 1.20 bits per heavy atom. The van der Waals surface area contributed by atoms with Gasteiger partial charge in [0.2, 0.25) is 5.88 Å². The van der Waals surface area contributed by atoms with Crippen molar-refractivity contribution in [3.8, 4) is 5.88 Å². The number of ether oxygens (including phenoxy) is 3. The number of rotatable bonds is 12. The summed E-state index contributed by atoms with van der Waals surface area (Å²) < 4.78 is 16.5. The predicted molar refractivity (Wildman–Crippen MR) is 99.1 cm³/mol. The van der Waals surface area contributed by atoms with Crippen molar-refractivity contribution < 1.29 is 19.0 Å². The standard InChI is InChI=1S/C19H32N2O4/c1-6-9-12-19(5,25-8-3)18(22)21-16-10-11-17(20-15(16)4)24-14-13-23-7-2/h10-11H,6-9,12-14H2,1-5H3,(H,21,22)/t19-/m1/s1. The summed E-state index contributed by atoms with van der Waals surface area (Å²) in [6.07, 6.45) is 2.65. The topological polar surface area (TPSA) is 69.7 Å². The summed E-state index contributed by atoms with van der Waals surface area (Å²) in [7, 11) is 0. The average molecular weight is 352 g/mol. The van der Waals surface area contributed by atoms with Gasteiger partial charge in [-0.2, -0.15) is 0 Å². The van der Waals surface area contributed by atoms with Crippen molar-refractivity contribution in [2.45, 2.75) is 59.5 Å². The van der Waals surface area contributed by atoms with Gasteiger partial charge < -0.3 is 19.5 Å². The van der Waals surface area contributed by atoms with Gasteiger partial charge in [-0.15, -0.1) is 0 Å². The number of amides is 1. The van der Waals surface area contributed by atoms with Crippen LogP contribution in [-0.2, 0) is 14.3 Å². The number of anilines is 1. The van der Waals surface area contributed by atoms with Gasteiger partial charge in [0.05, 0.1) is 18.0 Å². The van der Waals surface area contributed by atoms with Gasteiger partial charge in [0.1, 0.15) is 12.2 Å². The van der Waals surface area contributed by atoms with E-state index in [9.17, 15) is 4.79 Å². The van der Waals surface area contributed by atoms with E-state index in [2.05, 4.69) is 17.2 Å². The average Bonchev–Trinajstić information content (AvgIpc) is 2.59. The fraction of sp³-hybridized carbons (Fsp3) is 0.684. The lowest BCUT2D eigenvalue weighted by atomic mass is 9.97. The molecular weight excluding hydrogens is 320 g/mol. The van der Waals surface area contributed by atoms with E-state index in [-0.39, 0.29) is 5.91 Å². The van der Waals surface area contributed by atoms with Crippen LogP contribution in [0.4, 0.5) is 5.69 Å². The highest BCUT2D eigenvalue weighted by molar-refractivity contribution is 5.97. The predicted octanol–water partition coefficient (Wildman–Crippen LogP) is 3.73. The number of pyridine rings is 1. The van der Waals surface area contributed by atoms with Crippen LogP contribution in [0, 0.1) is 6.92 Å². The first-order valence-electron chi connectivity index (χ1n) is 9.10. The largest absolute Gasteiger partial charge is 0.475 e. The Labute approximate surface area is 151 Å². The Morgan fingerprint density at radius 3 is 2.56 bits per heavy atom. The van der Waals surface area contributed by atoms with Crippen molar-refractivity contribution in [1.29, 1.82) is 0 Å². The molecule has 25 heavy (non-hydrogen) atoms. The summed E-state index contributed by atoms with van der Waals surface area (Å²) in [6, 6.07) is 3.56. The van der Waals surface area contributed by atoms with E-state index in [1.807, 2.05) is 33.8 Å². The second kappa shape index (κ2) is 11.1. The van der Waals surface area contributed by atoms with Crippen LogP contribution in [0.15, 0.2) is 12.1 Å². The Morgan fingerprint density at radius 2 is 1.96 bits per heavy atom. The lowest BCUT2D eigenvalue weighted by molar-refractivity contribution is -0.139. The maximum absolute atomic E-state index is 12.7. The third-order valence-electron chi connectivity index (χ3n) is 3.94. The van der Waals surface area contributed by atoms with Crippen molar-refractivity contribution >= 4 is 11.6 Å². The number of carbonyl (C=O) groups is 1. The second-order valence-corrected chi connectivity index (χ2v) is 6.05. The summed E-state index contributed by atoms with van der Waals surface area (Å²) in [5.74, 6) is 0.381. The SMILES string of the molecule is CCCC[C@@](C)(OCC)C(=O)Nc1ccc(OCCOCC)nc1C. The fourth-order valence-corrected chi connectivity index (χ4v) is 2.44. The summed E-state index contributed by atoms with van der Waals surface area (Å²) in [5, 5.41) is 2.94. The molecule has 1 atom stereocenters. The minimum absolute atomic E-state index is 0.141. The van der Waals surface area contributed by atoms with Gasteiger partial charge in [-0.3, -0.25) is 4.79 Å². The van der Waals surface area contributed by atoms with E-state index in [0.29, 0.717) is 50.1 Å². The molecule has 0 radical (unpaired) electrons. The third kappa shape index (κ3) is 7.00. The lowest BCUT2D eigenvalue weighted by Crippen LogP contribution is -2.43. The van der Waals surface area contributed by atoms with Crippen LogP contribution >= 0.6 is 0 Å². The van der Waals surface area contributed by atoms with Crippen LogP contribution in [0.2, 0.25) is 0 Å². The number of carbonyl (C=O) groups excluding carboxylic acids is 1. The van der Waals surface area contributed by atoms with Gasteiger partial charge in [0.15, 0.2) is 0 Å². The summed E-state index contributed by atoms with van der Waals surface area (Å²) >= 11 is 0. The van der Waals surface area contributed by atoms with Gasteiger partial charge >= 0.3 is 0 Å². The van der Waals surface area contributed by atoms with Crippen molar-refractivity contribution in [3.05, 3.63) is 17.8 Å². The molecule has 1 amide bonds. The summed E-state index contributed by atoms with van der Waals surface area (Å²) in [5.41, 5.74) is 0.547. The number of hydrogen-bond acceptors (Lipinski definition) is 5. The van der Waals surface area contributed by atoms with Gasteiger partial charge in [-0.25, -0.2) is 4.98 Å². The maximum Gasteiger partial charge on any atom is 0.256 e. The molecule has 0 saturated carbocycles. The summed E-state index contributed by atoms with van der Waals surface area (Å²) in [4.78, 5) is 17.1. The van der Waals surface area contributed by atoms with E-state index in [1.165, 1.54) is 0 Å². The van der Waals surface area contributed by atoms with E-state index < -0.39 is 5.60 Å². The normalized spacial score (nSPS) is 13.3. The molecule has 1 aromatic heterocycles. The Kier molecular flexibility index (Phi) is 9.45. The zero-order chi connectivity index (χ0) is 18.7. The minimum Gasteiger partial charge on any atom is -0.475 e. The Bertz CT molecular complexity index is 536. The van der Waals surface area contributed by atoms with E-state index in [1.54, 1.807) is 6.07 Å². The highest BCUT2D eigenvalue weighted by atomic mass is 16.5. The maximum atomic E-state index is 12.7. The van der Waals surface area contributed by atoms with Crippen molar-refractivity contribution in [2.24, 2.45) is 0 Å². The van der Waals surface area contributed by atoms with Crippen LogP contribution in [0.25, 0.3) is 0 Å². The van der Waals surface area contributed by atoms with Gasteiger partial charge in [-0.1, -0.05) is 19.8 Å². The Hall–Kier alpha value is -1.66. The smallest absolute Gasteiger partial charge is 0.256 e. The zero-order valence-corrected chi connectivity index (χ0v) is 16.2. The molecule has 0 spiro atoms. The van der Waals surface area contributed by atoms with Crippen LogP contribution < -0.4 is 10.1 Å². The van der Waals surface area contributed by atoms with Gasteiger partial charge in [-0.05, 0) is 40.2 Å². The molecule has 0 aliphatic carbocycles. The van der Waals surface area contributed by atoms with E-state index in [0.717, 1.165) is 12.8 Å². The number of unbranched alkanes of at least 4 members (excludes halogenated alkanes) is 1. The molecule has 142 valence electrons. The minimum atomic E-state index is -0.830. The molecule has 0 fully saturated rings. The van der Waals surface area contributed by atoms with Crippen molar-refractivity contribution in [2.75, 3.05) is 31.7 Å². The highest BCUT2D eigenvalue weighted by Crippen LogP contribution is 2.23. The Balaban J connectivity index is 2.72. The van der Waals surface area contributed by atoms with E-state index in [4.69, 9.17) is 14.2 Å². The lowest BCUT2D eigenvalue weighted by Gasteiger charge is -2.28. The molecule has 0 unspecified atom stereocenters. The second-order valence-electron chi connectivity index (χ2n) is 6.05. The molecule has 1 rings (SSSR count).